The number of hydrogen-bond donors (Lipinski definition) is 3. The van der Waals surface area contributed by atoms with Crippen LogP contribution in [0.3, 0.4) is 0 Å². The van der Waals surface area contributed by atoms with Gasteiger partial charge in [0, 0.05) is 29.4 Å². The number of hydrogen-bond acceptors (Lipinski definition) is 3. The number of rotatable bonds is 5. The molecule has 0 saturated carbocycles. The molecule has 3 aromatic carbocycles. The summed E-state index contributed by atoms with van der Waals surface area (Å²) in [6, 6.07) is 25.2. The Morgan fingerprint density at radius 2 is 1.28 bits per heavy atom. The molecule has 0 unspecified atom stereocenters. The minimum Gasteiger partial charge on any atom is -0.399 e. The standard InChI is InChI=1S/C21H21N3O/c22-18-11-17(12-19(23)13-18)21(25)24-14-20(15-7-3-1-4-8-15)16-9-5-2-6-10-16/h1-13,20H,14,22-23H2,(H,24,25). The van der Waals surface area contributed by atoms with E-state index in [0.29, 0.717) is 23.5 Å². The van der Waals surface area contributed by atoms with Crippen LogP contribution in [-0.4, -0.2) is 12.5 Å². The Morgan fingerprint density at radius 3 is 1.76 bits per heavy atom. The van der Waals surface area contributed by atoms with Crippen molar-refractivity contribution in [2.24, 2.45) is 0 Å². The third kappa shape index (κ3) is 4.18. The summed E-state index contributed by atoms with van der Waals surface area (Å²) in [5.41, 5.74) is 15.3. The van der Waals surface area contributed by atoms with Crippen LogP contribution in [0.4, 0.5) is 11.4 Å². The number of carbonyl (C=O) groups excluding carboxylic acids is 1. The largest absolute Gasteiger partial charge is 0.399 e. The highest BCUT2D eigenvalue weighted by Crippen LogP contribution is 2.24. The van der Waals surface area contributed by atoms with E-state index < -0.39 is 0 Å². The second-order valence-electron chi connectivity index (χ2n) is 5.97. The smallest absolute Gasteiger partial charge is 0.251 e. The van der Waals surface area contributed by atoms with Crippen molar-refractivity contribution in [1.82, 2.24) is 5.32 Å². The zero-order valence-electron chi connectivity index (χ0n) is 13.9. The van der Waals surface area contributed by atoms with Crippen LogP contribution in [0.25, 0.3) is 0 Å². The summed E-state index contributed by atoms with van der Waals surface area (Å²) in [7, 11) is 0. The molecule has 0 aliphatic heterocycles. The number of anilines is 2. The molecule has 126 valence electrons. The van der Waals surface area contributed by atoms with Gasteiger partial charge in [0.25, 0.3) is 5.91 Å². The van der Waals surface area contributed by atoms with Gasteiger partial charge in [0.2, 0.25) is 0 Å². The van der Waals surface area contributed by atoms with Crippen LogP contribution in [0.5, 0.6) is 0 Å². The van der Waals surface area contributed by atoms with Crippen LogP contribution in [0.15, 0.2) is 78.9 Å². The number of nitrogens with one attached hydrogen (secondary N) is 1. The Hall–Kier alpha value is -3.27. The molecule has 0 radical (unpaired) electrons. The molecule has 3 aromatic rings. The van der Waals surface area contributed by atoms with Gasteiger partial charge in [-0.05, 0) is 29.3 Å². The van der Waals surface area contributed by atoms with Crippen LogP contribution in [-0.2, 0) is 0 Å². The van der Waals surface area contributed by atoms with Crippen molar-refractivity contribution in [2.75, 3.05) is 18.0 Å². The first-order valence-corrected chi connectivity index (χ1v) is 8.17. The summed E-state index contributed by atoms with van der Waals surface area (Å²) in [5.74, 6) is -0.111. The average Bonchev–Trinajstić information content (AvgIpc) is 2.63. The van der Waals surface area contributed by atoms with Crippen molar-refractivity contribution >= 4 is 17.3 Å². The molecule has 0 aliphatic rings. The molecule has 0 bridgehead atoms. The van der Waals surface area contributed by atoms with E-state index in [1.54, 1.807) is 18.2 Å². The molecule has 0 atom stereocenters. The van der Waals surface area contributed by atoms with Crippen molar-refractivity contribution < 1.29 is 4.79 Å². The lowest BCUT2D eigenvalue weighted by molar-refractivity contribution is 0.0952. The van der Waals surface area contributed by atoms with Gasteiger partial charge in [0.05, 0.1) is 0 Å². The van der Waals surface area contributed by atoms with Crippen molar-refractivity contribution in [1.29, 1.82) is 0 Å². The molecular formula is C21H21N3O. The molecule has 4 nitrogen and oxygen atoms in total. The number of benzene rings is 3. The van der Waals surface area contributed by atoms with Gasteiger partial charge in [-0.15, -0.1) is 0 Å². The number of amides is 1. The van der Waals surface area contributed by atoms with Crippen LogP contribution in [0.2, 0.25) is 0 Å². The van der Waals surface area contributed by atoms with E-state index in [0.717, 1.165) is 11.1 Å². The summed E-state index contributed by atoms with van der Waals surface area (Å²) < 4.78 is 0. The molecule has 4 heteroatoms. The van der Waals surface area contributed by atoms with Gasteiger partial charge in [-0.2, -0.15) is 0 Å². The summed E-state index contributed by atoms with van der Waals surface area (Å²) in [4.78, 5) is 12.5. The minimum atomic E-state index is -0.184. The maximum absolute atomic E-state index is 12.5. The first-order valence-electron chi connectivity index (χ1n) is 8.17. The Bertz CT molecular complexity index is 788. The monoisotopic (exact) mass is 331 g/mol. The van der Waals surface area contributed by atoms with Crippen LogP contribution in [0, 0.1) is 0 Å². The van der Waals surface area contributed by atoms with Gasteiger partial charge >= 0.3 is 0 Å². The fourth-order valence-electron chi connectivity index (χ4n) is 2.90. The third-order valence-corrected chi connectivity index (χ3v) is 4.11. The predicted octanol–water partition coefficient (Wildman–Crippen LogP) is 3.41. The molecule has 3 rings (SSSR count). The molecule has 25 heavy (non-hydrogen) atoms. The molecule has 0 spiro atoms. The predicted molar refractivity (Wildman–Crippen MR) is 102 cm³/mol. The maximum Gasteiger partial charge on any atom is 0.251 e. The highest BCUT2D eigenvalue weighted by molar-refractivity contribution is 5.96. The molecule has 0 aliphatic carbocycles. The maximum atomic E-state index is 12.5. The second-order valence-corrected chi connectivity index (χ2v) is 5.97. The average molecular weight is 331 g/mol. The second kappa shape index (κ2) is 7.53. The summed E-state index contributed by atoms with van der Waals surface area (Å²) in [6.45, 7) is 0.488. The lowest BCUT2D eigenvalue weighted by Crippen LogP contribution is -2.29. The quantitative estimate of drug-likeness (QED) is 0.627. The van der Waals surface area contributed by atoms with Crippen LogP contribution in [0.1, 0.15) is 27.4 Å². The van der Waals surface area contributed by atoms with Crippen molar-refractivity contribution in [3.05, 3.63) is 95.6 Å². The highest BCUT2D eigenvalue weighted by Gasteiger charge is 2.16. The zero-order chi connectivity index (χ0) is 17.6. The van der Waals surface area contributed by atoms with Crippen molar-refractivity contribution in [3.63, 3.8) is 0 Å². The number of nitrogens with two attached hydrogens (primary N) is 2. The topological polar surface area (TPSA) is 81.1 Å². The molecular weight excluding hydrogens is 310 g/mol. The Morgan fingerprint density at radius 1 is 0.800 bits per heavy atom. The van der Waals surface area contributed by atoms with E-state index >= 15 is 0 Å². The van der Waals surface area contributed by atoms with Gasteiger partial charge in [0.15, 0.2) is 0 Å². The van der Waals surface area contributed by atoms with Gasteiger partial charge in [-0.1, -0.05) is 60.7 Å². The highest BCUT2D eigenvalue weighted by atomic mass is 16.1. The lowest BCUT2D eigenvalue weighted by Gasteiger charge is -2.19. The van der Waals surface area contributed by atoms with Crippen LogP contribution < -0.4 is 16.8 Å². The molecule has 1 amide bonds. The number of carbonyl (C=O) groups is 1. The fourth-order valence-corrected chi connectivity index (χ4v) is 2.90. The summed E-state index contributed by atoms with van der Waals surface area (Å²) in [5, 5.41) is 3.00. The van der Waals surface area contributed by atoms with E-state index in [-0.39, 0.29) is 11.8 Å². The molecule has 0 heterocycles. The Balaban J connectivity index is 1.80. The normalized spacial score (nSPS) is 10.6. The molecule has 0 saturated heterocycles. The summed E-state index contributed by atoms with van der Waals surface area (Å²) >= 11 is 0. The zero-order valence-corrected chi connectivity index (χ0v) is 13.9. The van der Waals surface area contributed by atoms with Gasteiger partial charge in [-0.25, -0.2) is 0 Å². The molecule has 5 N–H and O–H groups in total. The van der Waals surface area contributed by atoms with E-state index in [4.69, 9.17) is 11.5 Å². The van der Waals surface area contributed by atoms with E-state index in [1.165, 1.54) is 0 Å². The van der Waals surface area contributed by atoms with E-state index in [2.05, 4.69) is 29.6 Å². The number of nitrogen functional groups attached to an aromatic ring is 2. The first-order chi connectivity index (χ1) is 12.1. The van der Waals surface area contributed by atoms with Crippen LogP contribution >= 0.6 is 0 Å². The van der Waals surface area contributed by atoms with Gasteiger partial charge < -0.3 is 16.8 Å². The Kier molecular flexibility index (Phi) is 5.00. The SMILES string of the molecule is Nc1cc(N)cc(C(=O)NCC(c2ccccc2)c2ccccc2)c1. The first kappa shape index (κ1) is 16.6. The summed E-state index contributed by atoms with van der Waals surface area (Å²) in [6.07, 6.45) is 0. The fraction of sp³-hybridized carbons (Fsp3) is 0.0952. The molecule has 0 aromatic heterocycles. The van der Waals surface area contributed by atoms with Gasteiger partial charge in [-0.3, -0.25) is 4.79 Å². The van der Waals surface area contributed by atoms with E-state index in [1.807, 2.05) is 36.4 Å². The van der Waals surface area contributed by atoms with Gasteiger partial charge in [0.1, 0.15) is 0 Å². The molecule has 0 fully saturated rings. The van der Waals surface area contributed by atoms with Crippen molar-refractivity contribution in [3.8, 4) is 0 Å². The Labute approximate surface area is 147 Å². The third-order valence-electron chi connectivity index (χ3n) is 4.11. The van der Waals surface area contributed by atoms with E-state index in [9.17, 15) is 4.79 Å². The lowest BCUT2D eigenvalue weighted by atomic mass is 9.91. The van der Waals surface area contributed by atoms with Crippen molar-refractivity contribution in [2.45, 2.75) is 5.92 Å². The minimum absolute atomic E-state index is 0.0738.